The zero-order valence-corrected chi connectivity index (χ0v) is 12.7. The van der Waals surface area contributed by atoms with E-state index >= 15 is 0 Å². The van der Waals surface area contributed by atoms with E-state index in [0.29, 0.717) is 5.56 Å². The van der Waals surface area contributed by atoms with Gasteiger partial charge in [-0.05, 0) is 0 Å². The van der Waals surface area contributed by atoms with Crippen LogP contribution in [-0.2, 0) is 23.7 Å². The van der Waals surface area contributed by atoms with Gasteiger partial charge in [0.1, 0.15) is 24.4 Å². The summed E-state index contributed by atoms with van der Waals surface area (Å²) in [6.07, 6.45) is -12.3. The second-order valence-electron chi connectivity index (χ2n) is 5.47. The van der Waals surface area contributed by atoms with E-state index in [1.165, 1.54) is 7.11 Å². The summed E-state index contributed by atoms with van der Waals surface area (Å²) >= 11 is 0. The van der Waals surface area contributed by atoms with Gasteiger partial charge in [0, 0.05) is 12.7 Å². The molecular weight excluding hydrogens is 333 g/mol. The van der Waals surface area contributed by atoms with Crippen LogP contribution >= 0.6 is 0 Å². The molecule has 6 nitrogen and oxygen atoms in total. The van der Waals surface area contributed by atoms with E-state index in [1.54, 1.807) is 24.3 Å². The van der Waals surface area contributed by atoms with Crippen LogP contribution in [0.2, 0.25) is 0 Å². The molecule has 2 fully saturated rings. The van der Waals surface area contributed by atoms with Crippen molar-refractivity contribution in [2.45, 2.75) is 43.4 Å². The molecule has 1 unspecified atom stereocenters. The van der Waals surface area contributed by atoms with Crippen LogP contribution in [0, 0.1) is 0 Å². The zero-order chi connectivity index (χ0) is 17.3. The number of hydrogen-bond acceptors (Lipinski definition) is 6. The molecule has 0 saturated carbocycles. The lowest BCUT2D eigenvalue weighted by Crippen LogP contribution is -2.63. The van der Waals surface area contributed by atoms with E-state index < -0.39 is 43.4 Å². The van der Waals surface area contributed by atoms with Gasteiger partial charge in [-0.15, -0.1) is 13.2 Å². The number of rotatable bonds is 3. The van der Waals surface area contributed by atoms with Crippen molar-refractivity contribution in [1.29, 1.82) is 0 Å². The smallest absolute Gasteiger partial charge is 0.387 e. The Morgan fingerprint density at radius 2 is 1.88 bits per heavy atom. The van der Waals surface area contributed by atoms with Gasteiger partial charge in [0.15, 0.2) is 12.6 Å². The Labute approximate surface area is 136 Å². The van der Waals surface area contributed by atoms with E-state index in [9.17, 15) is 18.3 Å². The molecule has 6 atom stereocenters. The quantitative estimate of drug-likeness (QED) is 0.896. The molecule has 2 saturated heterocycles. The first-order chi connectivity index (χ1) is 11.4. The highest BCUT2D eigenvalue weighted by Crippen LogP contribution is 2.36. The molecule has 0 bridgehead atoms. The van der Waals surface area contributed by atoms with Crippen LogP contribution in [0.1, 0.15) is 11.9 Å². The standard InChI is InChI=1S/C15H17F3O6/c1-20-14-12(24-15(16,17)18)10(19)11-9(22-14)7-21-13(23-11)8-5-3-2-4-6-8/h2-6,9-14,19H,7H2,1H3/t9-,10+,11-,12-,13?,14+/m1/s1. The average Bonchev–Trinajstić information content (AvgIpc) is 2.56. The van der Waals surface area contributed by atoms with E-state index in [-0.39, 0.29) is 6.61 Å². The van der Waals surface area contributed by atoms with Crippen molar-refractivity contribution in [3.63, 3.8) is 0 Å². The fraction of sp³-hybridized carbons (Fsp3) is 0.600. The molecule has 0 aromatic heterocycles. The minimum atomic E-state index is -4.94. The molecule has 2 aliphatic rings. The maximum Gasteiger partial charge on any atom is 0.523 e. The highest BCUT2D eigenvalue weighted by Gasteiger charge is 2.53. The molecule has 1 aromatic rings. The Balaban J connectivity index is 1.76. The topological polar surface area (TPSA) is 66.4 Å². The lowest BCUT2D eigenvalue weighted by molar-refractivity contribution is -0.417. The Hall–Kier alpha value is -1.23. The molecule has 9 heteroatoms. The first kappa shape index (κ1) is 17.6. The SMILES string of the molecule is CO[C@H]1O[C@@H]2COC(c3ccccc3)O[C@H]2[C@H](O)[C@H]1OC(F)(F)F. The van der Waals surface area contributed by atoms with Gasteiger partial charge in [0.25, 0.3) is 0 Å². The van der Waals surface area contributed by atoms with Gasteiger partial charge in [-0.1, -0.05) is 30.3 Å². The van der Waals surface area contributed by atoms with Crippen LogP contribution in [0.5, 0.6) is 0 Å². The summed E-state index contributed by atoms with van der Waals surface area (Å²) in [6, 6.07) is 8.87. The van der Waals surface area contributed by atoms with Gasteiger partial charge in [-0.2, -0.15) is 0 Å². The molecule has 0 radical (unpaired) electrons. The lowest BCUT2D eigenvalue weighted by atomic mass is 9.97. The number of aliphatic hydroxyl groups excluding tert-OH is 1. The third kappa shape index (κ3) is 3.71. The molecule has 2 heterocycles. The second-order valence-corrected chi connectivity index (χ2v) is 5.47. The number of aliphatic hydroxyl groups is 1. The van der Waals surface area contributed by atoms with Crippen LogP contribution in [0.4, 0.5) is 13.2 Å². The monoisotopic (exact) mass is 350 g/mol. The Morgan fingerprint density at radius 1 is 1.17 bits per heavy atom. The van der Waals surface area contributed by atoms with Gasteiger partial charge in [-0.25, -0.2) is 0 Å². The number of benzene rings is 1. The maximum absolute atomic E-state index is 12.6. The molecule has 134 valence electrons. The highest BCUT2D eigenvalue weighted by molar-refractivity contribution is 5.16. The summed E-state index contributed by atoms with van der Waals surface area (Å²) in [5, 5.41) is 10.3. The number of fused-ring (bicyclic) bond motifs is 1. The van der Waals surface area contributed by atoms with E-state index in [0.717, 1.165) is 0 Å². The molecule has 1 N–H and O–H groups in total. The van der Waals surface area contributed by atoms with E-state index in [4.69, 9.17) is 18.9 Å². The van der Waals surface area contributed by atoms with Crippen molar-refractivity contribution in [3.8, 4) is 0 Å². The van der Waals surface area contributed by atoms with Crippen LogP contribution in [-0.4, -0.2) is 55.9 Å². The Morgan fingerprint density at radius 3 is 2.50 bits per heavy atom. The Bertz CT molecular complexity index is 540. The Kier molecular flexibility index (Phi) is 5.09. The van der Waals surface area contributed by atoms with E-state index in [1.807, 2.05) is 6.07 Å². The van der Waals surface area contributed by atoms with E-state index in [2.05, 4.69) is 4.74 Å². The van der Waals surface area contributed by atoms with Gasteiger partial charge in [0.05, 0.1) is 6.61 Å². The third-order valence-corrected chi connectivity index (χ3v) is 3.88. The molecule has 0 amide bonds. The average molecular weight is 350 g/mol. The number of methoxy groups -OCH3 is 1. The number of alkyl halides is 3. The van der Waals surface area contributed by atoms with Gasteiger partial charge in [-0.3, -0.25) is 4.74 Å². The highest BCUT2D eigenvalue weighted by atomic mass is 19.4. The predicted molar refractivity (Wildman–Crippen MR) is 72.6 cm³/mol. The first-order valence-corrected chi connectivity index (χ1v) is 7.32. The van der Waals surface area contributed by atoms with Crippen molar-refractivity contribution in [2.24, 2.45) is 0 Å². The van der Waals surface area contributed by atoms with Crippen molar-refractivity contribution in [1.82, 2.24) is 0 Å². The van der Waals surface area contributed by atoms with Crippen molar-refractivity contribution < 1.29 is 42.0 Å². The summed E-state index contributed by atoms with van der Waals surface area (Å²) in [7, 11) is 1.17. The molecule has 24 heavy (non-hydrogen) atoms. The van der Waals surface area contributed by atoms with Gasteiger partial charge >= 0.3 is 6.36 Å². The van der Waals surface area contributed by atoms with Gasteiger partial charge < -0.3 is 24.1 Å². The first-order valence-electron chi connectivity index (χ1n) is 7.32. The second kappa shape index (κ2) is 6.95. The van der Waals surface area contributed by atoms with Crippen LogP contribution in [0.15, 0.2) is 30.3 Å². The molecule has 1 aromatic carbocycles. The normalized spacial score (nSPS) is 37.0. The minimum Gasteiger partial charge on any atom is -0.387 e. The summed E-state index contributed by atoms with van der Waals surface area (Å²) in [5.74, 6) is 0. The number of hydrogen-bond donors (Lipinski definition) is 1. The van der Waals surface area contributed by atoms with Gasteiger partial charge in [0.2, 0.25) is 0 Å². The summed E-state index contributed by atoms with van der Waals surface area (Å²) in [4.78, 5) is 0. The third-order valence-electron chi connectivity index (χ3n) is 3.88. The van der Waals surface area contributed by atoms with Crippen LogP contribution in [0.25, 0.3) is 0 Å². The fourth-order valence-electron chi connectivity index (χ4n) is 2.82. The molecule has 0 spiro atoms. The summed E-state index contributed by atoms with van der Waals surface area (Å²) in [6.45, 7) is 0.0416. The molecule has 2 aliphatic heterocycles. The minimum absolute atomic E-state index is 0.0416. The zero-order valence-electron chi connectivity index (χ0n) is 12.7. The maximum atomic E-state index is 12.6. The van der Waals surface area contributed by atoms with Crippen molar-refractivity contribution in [2.75, 3.05) is 13.7 Å². The fourth-order valence-corrected chi connectivity index (χ4v) is 2.82. The molecule has 0 aliphatic carbocycles. The van der Waals surface area contributed by atoms with Crippen LogP contribution in [0.3, 0.4) is 0 Å². The van der Waals surface area contributed by atoms with Crippen molar-refractivity contribution >= 4 is 0 Å². The predicted octanol–water partition coefficient (Wildman–Crippen LogP) is 1.74. The molecular formula is C15H17F3O6. The number of halogens is 3. The summed E-state index contributed by atoms with van der Waals surface area (Å²) < 4.78 is 63.1. The van der Waals surface area contributed by atoms with Crippen molar-refractivity contribution in [3.05, 3.63) is 35.9 Å². The lowest BCUT2D eigenvalue weighted by Gasteiger charge is -2.47. The number of ether oxygens (including phenoxy) is 5. The van der Waals surface area contributed by atoms with Crippen LogP contribution < -0.4 is 0 Å². The molecule has 3 rings (SSSR count). The summed E-state index contributed by atoms with van der Waals surface area (Å²) in [5.41, 5.74) is 0.685. The largest absolute Gasteiger partial charge is 0.523 e.